The molecule has 0 fully saturated rings. The van der Waals surface area contributed by atoms with Crippen molar-refractivity contribution in [2.75, 3.05) is 17.7 Å². The Balaban J connectivity index is 1.93. The first-order valence-corrected chi connectivity index (χ1v) is 6.61. The van der Waals surface area contributed by atoms with E-state index in [1.54, 1.807) is 18.2 Å². The van der Waals surface area contributed by atoms with Crippen LogP contribution in [0.1, 0.15) is 12.5 Å². The second kappa shape index (κ2) is 7.09. The van der Waals surface area contributed by atoms with Gasteiger partial charge in [0.25, 0.3) is 0 Å². The Labute approximate surface area is 123 Å². The fraction of sp³-hybridized carbons (Fsp3) is 0.125. The summed E-state index contributed by atoms with van der Waals surface area (Å²) in [5.41, 5.74) is 7.00. The Hall–Kier alpha value is -2.82. The van der Waals surface area contributed by atoms with Crippen molar-refractivity contribution in [3.8, 4) is 5.75 Å². The van der Waals surface area contributed by atoms with Crippen LogP contribution in [0, 0.1) is 0 Å². The zero-order chi connectivity index (χ0) is 15.1. The van der Waals surface area contributed by atoms with Crippen molar-refractivity contribution in [1.29, 1.82) is 0 Å². The van der Waals surface area contributed by atoms with Gasteiger partial charge in [0.1, 0.15) is 11.6 Å². The molecule has 0 aliphatic rings. The number of ether oxygens (including phenoxy) is 1. The van der Waals surface area contributed by atoms with E-state index < -0.39 is 0 Å². The Bertz CT molecular complexity index is 619. The Morgan fingerprint density at radius 1 is 1.29 bits per heavy atom. The minimum atomic E-state index is -0.226. The normalized spacial score (nSPS) is 10.5. The molecule has 1 heterocycles. The lowest BCUT2D eigenvalue weighted by Crippen LogP contribution is -2.08. The number of nitrogens with one attached hydrogen (secondary N) is 1. The topological polar surface area (TPSA) is 77.2 Å². The summed E-state index contributed by atoms with van der Waals surface area (Å²) in [6, 6.07) is 10.8. The Morgan fingerprint density at radius 2 is 2.05 bits per heavy atom. The first-order valence-electron chi connectivity index (χ1n) is 6.61. The lowest BCUT2D eigenvalue weighted by atomic mass is 10.2. The van der Waals surface area contributed by atoms with Gasteiger partial charge < -0.3 is 15.8 Å². The van der Waals surface area contributed by atoms with E-state index in [2.05, 4.69) is 10.3 Å². The van der Waals surface area contributed by atoms with E-state index in [1.807, 2.05) is 31.2 Å². The number of carbonyl (C=O) groups excluding carboxylic acids is 1. The van der Waals surface area contributed by atoms with Gasteiger partial charge in [0.15, 0.2) is 0 Å². The molecule has 0 saturated carbocycles. The summed E-state index contributed by atoms with van der Waals surface area (Å²) < 4.78 is 5.35. The molecule has 0 bridgehead atoms. The molecule has 5 heteroatoms. The molecule has 1 aromatic heterocycles. The number of rotatable bonds is 5. The molecule has 21 heavy (non-hydrogen) atoms. The van der Waals surface area contributed by atoms with Crippen LogP contribution in [0.3, 0.4) is 0 Å². The molecule has 0 aliphatic carbocycles. The number of carbonyl (C=O) groups is 1. The molecule has 0 spiro atoms. The van der Waals surface area contributed by atoms with E-state index in [0.717, 1.165) is 11.3 Å². The Kier molecular flexibility index (Phi) is 4.93. The molecule has 1 amide bonds. The molecule has 0 radical (unpaired) electrons. The van der Waals surface area contributed by atoms with Crippen molar-refractivity contribution in [3.63, 3.8) is 0 Å². The molecule has 0 unspecified atom stereocenters. The Morgan fingerprint density at radius 3 is 2.67 bits per heavy atom. The number of nitrogens with two attached hydrogens (primary N) is 1. The molecule has 108 valence electrons. The summed E-state index contributed by atoms with van der Waals surface area (Å²) in [7, 11) is 0. The standard InChI is InChI=1S/C16H17N3O2/c1-2-21-14-7-3-12(4-8-14)5-10-16(20)19-13-6-9-15(17)18-11-13/h3-11H,2H2,1H3,(H2,17,18)(H,19,20)/b10-5+. The van der Waals surface area contributed by atoms with Crippen LogP contribution >= 0.6 is 0 Å². The van der Waals surface area contributed by atoms with Gasteiger partial charge in [-0.05, 0) is 42.8 Å². The first kappa shape index (κ1) is 14.6. The number of pyridine rings is 1. The quantitative estimate of drug-likeness (QED) is 0.827. The van der Waals surface area contributed by atoms with Crippen LogP contribution < -0.4 is 15.8 Å². The zero-order valence-electron chi connectivity index (χ0n) is 11.7. The van der Waals surface area contributed by atoms with E-state index in [4.69, 9.17) is 10.5 Å². The molecular weight excluding hydrogens is 266 g/mol. The first-order chi connectivity index (χ1) is 10.2. The second-order valence-corrected chi connectivity index (χ2v) is 4.30. The number of nitrogen functional groups attached to an aromatic ring is 1. The van der Waals surface area contributed by atoms with Crippen LogP contribution in [0.4, 0.5) is 11.5 Å². The minimum absolute atomic E-state index is 0.226. The number of aromatic nitrogens is 1. The summed E-state index contributed by atoms with van der Waals surface area (Å²) in [5, 5.41) is 2.70. The second-order valence-electron chi connectivity index (χ2n) is 4.30. The van der Waals surface area contributed by atoms with Crippen LogP contribution in [0.25, 0.3) is 6.08 Å². The van der Waals surface area contributed by atoms with Gasteiger partial charge in [-0.1, -0.05) is 12.1 Å². The van der Waals surface area contributed by atoms with Gasteiger partial charge in [0.05, 0.1) is 18.5 Å². The van der Waals surface area contributed by atoms with Gasteiger partial charge in [0.2, 0.25) is 5.91 Å². The number of nitrogens with zero attached hydrogens (tertiary/aromatic N) is 1. The van der Waals surface area contributed by atoms with Crippen LogP contribution in [0.15, 0.2) is 48.7 Å². The van der Waals surface area contributed by atoms with Crippen molar-refractivity contribution >= 4 is 23.5 Å². The predicted molar refractivity (Wildman–Crippen MR) is 83.9 cm³/mol. The van der Waals surface area contributed by atoms with Crippen LogP contribution in [-0.2, 0) is 4.79 Å². The highest BCUT2D eigenvalue weighted by molar-refractivity contribution is 6.01. The molecule has 3 N–H and O–H groups in total. The summed E-state index contributed by atoms with van der Waals surface area (Å²) >= 11 is 0. The third kappa shape index (κ3) is 4.65. The smallest absolute Gasteiger partial charge is 0.248 e. The van der Waals surface area contributed by atoms with Crippen molar-refractivity contribution in [3.05, 3.63) is 54.2 Å². The summed E-state index contributed by atoms with van der Waals surface area (Å²) in [5.74, 6) is 1.00. The monoisotopic (exact) mass is 283 g/mol. The van der Waals surface area contributed by atoms with E-state index >= 15 is 0 Å². The van der Waals surface area contributed by atoms with Gasteiger partial charge in [-0.25, -0.2) is 4.98 Å². The number of amides is 1. The van der Waals surface area contributed by atoms with E-state index in [-0.39, 0.29) is 5.91 Å². The molecule has 5 nitrogen and oxygen atoms in total. The van der Waals surface area contributed by atoms with Gasteiger partial charge >= 0.3 is 0 Å². The number of anilines is 2. The molecule has 0 atom stereocenters. The summed E-state index contributed by atoms with van der Waals surface area (Å²) in [6.07, 6.45) is 4.71. The highest BCUT2D eigenvalue weighted by atomic mass is 16.5. The van der Waals surface area contributed by atoms with Gasteiger partial charge in [0, 0.05) is 6.08 Å². The lowest BCUT2D eigenvalue weighted by molar-refractivity contribution is -0.111. The lowest BCUT2D eigenvalue weighted by Gasteiger charge is -2.03. The largest absolute Gasteiger partial charge is 0.494 e. The fourth-order valence-corrected chi connectivity index (χ4v) is 1.68. The number of hydrogen-bond donors (Lipinski definition) is 2. The summed E-state index contributed by atoms with van der Waals surface area (Å²) in [4.78, 5) is 15.7. The SMILES string of the molecule is CCOc1ccc(/C=C/C(=O)Nc2ccc(N)nc2)cc1. The molecule has 2 rings (SSSR count). The van der Waals surface area contributed by atoms with Crippen molar-refractivity contribution < 1.29 is 9.53 Å². The van der Waals surface area contributed by atoms with E-state index in [1.165, 1.54) is 12.3 Å². The van der Waals surface area contributed by atoms with Crippen molar-refractivity contribution in [1.82, 2.24) is 4.98 Å². The molecule has 0 aliphatic heterocycles. The number of benzene rings is 1. The highest BCUT2D eigenvalue weighted by Gasteiger charge is 1.98. The van der Waals surface area contributed by atoms with Crippen LogP contribution in [0.5, 0.6) is 5.75 Å². The number of hydrogen-bond acceptors (Lipinski definition) is 4. The van der Waals surface area contributed by atoms with Gasteiger partial charge in [-0.15, -0.1) is 0 Å². The van der Waals surface area contributed by atoms with Gasteiger partial charge in [-0.3, -0.25) is 4.79 Å². The molecule has 1 aromatic carbocycles. The maximum atomic E-state index is 11.8. The third-order valence-corrected chi connectivity index (χ3v) is 2.67. The van der Waals surface area contributed by atoms with E-state index in [9.17, 15) is 4.79 Å². The van der Waals surface area contributed by atoms with E-state index in [0.29, 0.717) is 18.1 Å². The minimum Gasteiger partial charge on any atom is -0.494 e. The predicted octanol–water partition coefficient (Wildman–Crippen LogP) is 2.71. The fourth-order valence-electron chi connectivity index (χ4n) is 1.68. The maximum Gasteiger partial charge on any atom is 0.248 e. The molecule has 2 aromatic rings. The summed E-state index contributed by atoms with van der Waals surface area (Å²) in [6.45, 7) is 2.57. The maximum absolute atomic E-state index is 11.8. The van der Waals surface area contributed by atoms with Crippen molar-refractivity contribution in [2.45, 2.75) is 6.92 Å². The molecular formula is C16H17N3O2. The van der Waals surface area contributed by atoms with Crippen LogP contribution in [0.2, 0.25) is 0 Å². The molecule has 0 saturated heterocycles. The third-order valence-electron chi connectivity index (χ3n) is 2.67. The van der Waals surface area contributed by atoms with Crippen molar-refractivity contribution in [2.24, 2.45) is 0 Å². The van der Waals surface area contributed by atoms with Crippen LogP contribution in [-0.4, -0.2) is 17.5 Å². The average Bonchev–Trinajstić information content (AvgIpc) is 2.49. The zero-order valence-corrected chi connectivity index (χ0v) is 11.7. The van der Waals surface area contributed by atoms with Gasteiger partial charge in [-0.2, -0.15) is 0 Å². The average molecular weight is 283 g/mol. The highest BCUT2D eigenvalue weighted by Crippen LogP contribution is 2.13.